The summed E-state index contributed by atoms with van der Waals surface area (Å²) in [6.07, 6.45) is -6.28. The molecule has 2 atom stereocenters. The van der Waals surface area contributed by atoms with Gasteiger partial charge in [-0.25, -0.2) is 4.79 Å². The summed E-state index contributed by atoms with van der Waals surface area (Å²) < 4.78 is 43.3. The molecular formula is C38H32F3N3O5. The maximum Gasteiger partial charge on any atom is 0.491 e. The van der Waals surface area contributed by atoms with Crippen LogP contribution in [-0.4, -0.2) is 40.9 Å². The van der Waals surface area contributed by atoms with Gasteiger partial charge in [-0.2, -0.15) is 13.2 Å². The summed E-state index contributed by atoms with van der Waals surface area (Å²) in [5.74, 6) is 0.740. The van der Waals surface area contributed by atoms with E-state index in [2.05, 4.69) is 16.6 Å². The topological polar surface area (TPSA) is 110 Å². The Kier molecular flexibility index (Phi) is 10.3. The minimum Gasteiger partial charge on any atom is -0.386 e. The van der Waals surface area contributed by atoms with Gasteiger partial charge in [-0.05, 0) is 60.9 Å². The minimum atomic E-state index is -5.42. The molecule has 2 N–H and O–H groups in total. The molecule has 0 fully saturated rings. The first kappa shape index (κ1) is 34.6. The Labute approximate surface area is 281 Å². The van der Waals surface area contributed by atoms with Crippen molar-refractivity contribution in [3.05, 3.63) is 137 Å². The highest BCUT2D eigenvalue weighted by molar-refractivity contribution is 6.12. The van der Waals surface area contributed by atoms with Gasteiger partial charge in [0.15, 0.2) is 0 Å². The molecule has 8 nitrogen and oxygen atoms in total. The number of benzene rings is 4. The summed E-state index contributed by atoms with van der Waals surface area (Å²) >= 11 is 0. The van der Waals surface area contributed by atoms with Crippen molar-refractivity contribution in [3.8, 4) is 11.8 Å². The number of ether oxygens (including phenoxy) is 1. The van der Waals surface area contributed by atoms with Crippen LogP contribution in [0.15, 0.2) is 103 Å². The van der Waals surface area contributed by atoms with Gasteiger partial charge in [0, 0.05) is 23.7 Å². The first-order valence-electron chi connectivity index (χ1n) is 15.4. The van der Waals surface area contributed by atoms with E-state index in [1.165, 1.54) is 9.80 Å². The molecule has 2 unspecified atom stereocenters. The van der Waals surface area contributed by atoms with E-state index in [0.29, 0.717) is 34.5 Å². The lowest BCUT2D eigenvalue weighted by Crippen LogP contribution is -2.46. The van der Waals surface area contributed by atoms with Gasteiger partial charge in [-0.15, -0.1) is 0 Å². The van der Waals surface area contributed by atoms with Crippen molar-refractivity contribution in [3.63, 3.8) is 0 Å². The zero-order valence-electron chi connectivity index (χ0n) is 26.6. The van der Waals surface area contributed by atoms with Crippen molar-refractivity contribution < 1.29 is 37.1 Å². The first-order valence-corrected chi connectivity index (χ1v) is 15.4. The smallest absolute Gasteiger partial charge is 0.386 e. The molecule has 49 heavy (non-hydrogen) atoms. The second-order valence-corrected chi connectivity index (χ2v) is 11.6. The van der Waals surface area contributed by atoms with Crippen LogP contribution in [0.5, 0.6) is 0 Å². The Hall–Kier alpha value is -5.73. The number of esters is 2. The second-order valence-electron chi connectivity index (χ2n) is 11.6. The number of carbonyl (C=O) groups is 4. The summed E-state index contributed by atoms with van der Waals surface area (Å²) in [5, 5.41) is 0. The number of fused-ring (bicyclic) bond motifs is 1. The first-order chi connectivity index (χ1) is 23.4. The number of nitrogens with zero attached hydrogens (tertiary/aromatic N) is 2. The van der Waals surface area contributed by atoms with Gasteiger partial charge in [0.25, 0.3) is 11.8 Å². The molecule has 11 heteroatoms. The minimum absolute atomic E-state index is 0.0867. The fourth-order valence-corrected chi connectivity index (χ4v) is 5.75. The van der Waals surface area contributed by atoms with Gasteiger partial charge in [0.05, 0.1) is 23.7 Å². The molecule has 1 aliphatic rings. The van der Waals surface area contributed by atoms with Crippen LogP contribution < -0.4 is 10.6 Å². The van der Waals surface area contributed by atoms with Crippen LogP contribution in [0.25, 0.3) is 0 Å². The molecule has 0 radical (unpaired) electrons. The Morgan fingerprint density at radius 1 is 0.857 bits per heavy atom. The van der Waals surface area contributed by atoms with Gasteiger partial charge in [-0.1, -0.05) is 84.6 Å². The lowest BCUT2D eigenvalue weighted by molar-refractivity contribution is -0.202. The third-order valence-electron chi connectivity index (χ3n) is 7.93. The predicted octanol–water partition coefficient (Wildman–Crippen LogP) is 6.25. The van der Waals surface area contributed by atoms with Gasteiger partial charge in [0.2, 0.25) is 0 Å². The molecule has 0 aliphatic carbocycles. The number of rotatable bonds is 7. The van der Waals surface area contributed by atoms with Crippen LogP contribution in [-0.2, 0) is 25.7 Å². The van der Waals surface area contributed by atoms with Crippen molar-refractivity contribution in [2.24, 2.45) is 5.73 Å². The average Bonchev–Trinajstić information content (AvgIpc) is 3.18. The third-order valence-corrected chi connectivity index (χ3v) is 7.93. The maximum absolute atomic E-state index is 14.9. The van der Waals surface area contributed by atoms with Gasteiger partial charge in [0.1, 0.15) is 6.04 Å². The zero-order valence-corrected chi connectivity index (χ0v) is 26.6. The highest BCUT2D eigenvalue weighted by atomic mass is 19.4. The monoisotopic (exact) mass is 667 g/mol. The van der Waals surface area contributed by atoms with Crippen LogP contribution in [0.4, 0.5) is 18.9 Å². The Morgan fingerprint density at radius 2 is 1.49 bits per heavy atom. The summed E-state index contributed by atoms with van der Waals surface area (Å²) in [5.41, 5.74) is 8.92. The van der Waals surface area contributed by atoms with Crippen molar-refractivity contribution in [1.29, 1.82) is 0 Å². The number of hydrogen-bond donors (Lipinski definition) is 1. The highest BCUT2D eigenvalue weighted by Gasteiger charge is 2.47. The molecule has 1 heterocycles. The molecule has 2 amide bonds. The number of amides is 2. The summed E-state index contributed by atoms with van der Waals surface area (Å²) in [6, 6.07) is 25.6. The lowest BCUT2D eigenvalue weighted by Gasteiger charge is -2.37. The SMILES string of the molecule is CC(C)N1C(=O)C(c2ccccc2)N(C(CC(=O)OC(=O)C(F)(F)F)c2ccccc2)C(=O)c2cc(C#Cc3cccc(CN)c3)ccc21. The molecule has 0 aromatic heterocycles. The maximum atomic E-state index is 14.9. The molecule has 0 saturated carbocycles. The number of halogens is 3. The van der Waals surface area contributed by atoms with E-state index in [4.69, 9.17) is 5.73 Å². The highest BCUT2D eigenvalue weighted by Crippen LogP contribution is 2.42. The Balaban J connectivity index is 1.69. The van der Waals surface area contributed by atoms with Gasteiger partial charge < -0.3 is 20.3 Å². The van der Waals surface area contributed by atoms with Crippen molar-refractivity contribution in [2.75, 3.05) is 4.90 Å². The molecule has 0 saturated heterocycles. The molecule has 4 aromatic carbocycles. The van der Waals surface area contributed by atoms with Crippen molar-refractivity contribution in [1.82, 2.24) is 4.90 Å². The fourth-order valence-electron chi connectivity index (χ4n) is 5.75. The molecule has 1 aliphatic heterocycles. The standard InChI is InChI=1S/C38H32F3N3O5/c1-24(2)43-31-19-18-26(17-16-25-10-9-11-27(20-25)23-42)21-30(31)35(46)44(34(36(43)47)29-14-7-4-8-15-29)32(28-12-5-3-6-13-28)22-33(45)49-37(48)38(39,40)41/h3-15,18-21,24,32,34H,22-23,42H2,1-2H3. The van der Waals surface area contributed by atoms with Crippen LogP contribution in [0.2, 0.25) is 0 Å². The van der Waals surface area contributed by atoms with Crippen LogP contribution in [0.1, 0.15) is 70.5 Å². The van der Waals surface area contributed by atoms with E-state index in [1.807, 2.05) is 24.3 Å². The number of nitrogens with two attached hydrogens (primary N) is 1. The molecule has 0 bridgehead atoms. The summed E-state index contributed by atoms with van der Waals surface area (Å²) in [7, 11) is 0. The van der Waals surface area contributed by atoms with E-state index in [-0.39, 0.29) is 5.56 Å². The Morgan fingerprint density at radius 3 is 2.10 bits per heavy atom. The van der Waals surface area contributed by atoms with E-state index < -0.39 is 54.5 Å². The fraction of sp³-hybridized carbons (Fsp3) is 0.211. The molecule has 0 spiro atoms. The molecular weight excluding hydrogens is 635 g/mol. The third kappa shape index (κ3) is 7.71. The average molecular weight is 668 g/mol. The van der Waals surface area contributed by atoms with Crippen molar-refractivity contribution >= 4 is 29.4 Å². The van der Waals surface area contributed by atoms with E-state index in [1.54, 1.807) is 92.7 Å². The normalized spacial score (nSPS) is 15.2. The molecule has 250 valence electrons. The number of hydrogen-bond acceptors (Lipinski definition) is 6. The number of carbonyl (C=O) groups excluding carboxylic acids is 4. The van der Waals surface area contributed by atoms with Crippen LogP contribution in [0, 0.1) is 11.8 Å². The van der Waals surface area contributed by atoms with Gasteiger partial charge in [-0.3, -0.25) is 14.4 Å². The predicted molar refractivity (Wildman–Crippen MR) is 176 cm³/mol. The quantitative estimate of drug-likeness (QED) is 0.142. The van der Waals surface area contributed by atoms with E-state index in [9.17, 15) is 32.3 Å². The Bertz CT molecular complexity index is 1930. The van der Waals surface area contributed by atoms with E-state index in [0.717, 1.165) is 5.56 Å². The second kappa shape index (κ2) is 14.6. The zero-order chi connectivity index (χ0) is 35.3. The number of alkyl halides is 3. The van der Waals surface area contributed by atoms with Crippen molar-refractivity contribution in [2.45, 2.75) is 51.1 Å². The summed E-state index contributed by atoms with van der Waals surface area (Å²) in [4.78, 5) is 56.8. The number of anilines is 1. The molecule has 5 rings (SSSR count). The van der Waals surface area contributed by atoms with E-state index >= 15 is 0 Å². The summed E-state index contributed by atoms with van der Waals surface area (Å²) in [6.45, 7) is 3.91. The lowest BCUT2D eigenvalue weighted by atomic mass is 9.95. The molecule has 4 aromatic rings. The van der Waals surface area contributed by atoms with Crippen LogP contribution >= 0.6 is 0 Å². The van der Waals surface area contributed by atoms with Crippen LogP contribution in [0.3, 0.4) is 0 Å². The van der Waals surface area contributed by atoms with Gasteiger partial charge >= 0.3 is 18.1 Å². The largest absolute Gasteiger partial charge is 0.491 e.